The second kappa shape index (κ2) is 5.35. The van der Waals surface area contributed by atoms with Gasteiger partial charge in [-0.1, -0.05) is 20.3 Å². The van der Waals surface area contributed by atoms with Crippen LogP contribution in [0.5, 0.6) is 0 Å². The Morgan fingerprint density at radius 1 is 1.36 bits per heavy atom. The monoisotopic (exact) mass is 198 g/mol. The topological polar surface area (TPSA) is 55.1 Å². The number of nitrogens with two attached hydrogens (primary N) is 1. The Morgan fingerprint density at radius 3 is 2.43 bits per heavy atom. The Morgan fingerprint density at radius 2 is 1.93 bits per heavy atom. The minimum atomic E-state index is 0.109. The van der Waals surface area contributed by atoms with Gasteiger partial charge in [-0.25, -0.2) is 0 Å². The number of carbonyl (C=O) groups excluding carboxylic acids is 1. The average molecular weight is 198 g/mol. The molecule has 2 atom stereocenters. The molecule has 0 heterocycles. The van der Waals surface area contributed by atoms with Crippen LogP contribution < -0.4 is 11.1 Å². The van der Waals surface area contributed by atoms with Crippen LogP contribution in [0.15, 0.2) is 0 Å². The first-order valence-electron chi connectivity index (χ1n) is 5.64. The molecule has 14 heavy (non-hydrogen) atoms. The summed E-state index contributed by atoms with van der Waals surface area (Å²) in [6.45, 7) is 4.90. The molecule has 2 unspecified atom stereocenters. The molecule has 3 heteroatoms. The van der Waals surface area contributed by atoms with Crippen LogP contribution in [-0.2, 0) is 4.79 Å². The number of amides is 1. The Kier molecular flexibility index (Phi) is 4.39. The molecule has 1 aliphatic rings. The summed E-state index contributed by atoms with van der Waals surface area (Å²) in [5.74, 6) is 1.33. The first kappa shape index (κ1) is 11.5. The maximum Gasteiger partial charge on any atom is 0.221 e. The molecule has 0 aromatic heterocycles. The van der Waals surface area contributed by atoms with E-state index in [-0.39, 0.29) is 5.91 Å². The highest BCUT2D eigenvalue weighted by Crippen LogP contribution is 2.28. The van der Waals surface area contributed by atoms with Gasteiger partial charge in [-0.2, -0.15) is 0 Å². The van der Waals surface area contributed by atoms with E-state index in [1.807, 2.05) is 0 Å². The predicted octanol–water partition coefficient (Wildman–Crippen LogP) is 1.28. The van der Waals surface area contributed by atoms with Crippen molar-refractivity contribution in [2.45, 2.75) is 45.6 Å². The van der Waals surface area contributed by atoms with E-state index >= 15 is 0 Å². The molecule has 1 rings (SSSR count). The minimum Gasteiger partial charge on any atom is -0.353 e. The van der Waals surface area contributed by atoms with E-state index in [1.54, 1.807) is 0 Å². The highest BCUT2D eigenvalue weighted by molar-refractivity contribution is 5.76. The molecule has 3 nitrogen and oxygen atoms in total. The zero-order valence-corrected chi connectivity index (χ0v) is 9.25. The lowest BCUT2D eigenvalue weighted by Crippen LogP contribution is -2.46. The van der Waals surface area contributed by atoms with Gasteiger partial charge in [-0.05, 0) is 24.7 Å². The molecule has 0 aliphatic heterocycles. The summed E-state index contributed by atoms with van der Waals surface area (Å²) in [5.41, 5.74) is 5.34. The zero-order chi connectivity index (χ0) is 10.6. The van der Waals surface area contributed by atoms with Gasteiger partial charge in [0.25, 0.3) is 0 Å². The number of hydrogen-bond donors (Lipinski definition) is 2. The third-order valence-electron chi connectivity index (χ3n) is 3.24. The molecule has 1 saturated carbocycles. The number of carbonyl (C=O) groups is 1. The molecule has 1 aliphatic carbocycles. The fourth-order valence-electron chi connectivity index (χ4n) is 2.36. The van der Waals surface area contributed by atoms with Crippen LogP contribution >= 0.6 is 0 Å². The summed E-state index contributed by atoms with van der Waals surface area (Å²) in [6, 6.07) is 0.364. The normalized spacial score (nSPS) is 32.6. The fourth-order valence-corrected chi connectivity index (χ4v) is 2.36. The summed E-state index contributed by atoms with van der Waals surface area (Å²) in [5, 5.41) is 3.10. The molecule has 82 valence electrons. The molecule has 1 fully saturated rings. The fraction of sp³-hybridized carbons (Fsp3) is 0.909. The maximum atomic E-state index is 11.4. The van der Waals surface area contributed by atoms with Gasteiger partial charge < -0.3 is 11.1 Å². The van der Waals surface area contributed by atoms with E-state index in [2.05, 4.69) is 19.2 Å². The van der Waals surface area contributed by atoms with Gasteiger partial charge >= 0.3 is 0 Å². The quantitative estimate of drug-likeness (QED) is 0.717. The summed E-state index contributed by atoms with van der Waals surface area (Å²) in [6.07, 6.45) is 4.22. The molecule has 0 radical (unpaired) electrons. The van der Waals surface area contributed by atoms with E-state index < -0.39 is 0 Å². The third-order valence-corrected chi connectivity index (χ3v) is 3.24. The van der Waals surface area contributed by atoms with Gasteiger partial charge in [0.2, 0.25) is 5.91 Å². The van der Waals surface area contributed by atoms with Gasteiger partial charge in [0.05, 0.1) is 0 Å². The highest BCUT2D eigenvalue weighted by atomic mass is 16.1. The number of hydrogen-bond acceptors (Lipinski definition) is 2. The molecule has 1 amide bonds. The summed E-state index contributed by atoms with van der Waals surface area (Å²) in [4.78, 5) is 11.4. The second-order valence-electron chi connectivity index (χ2n) is 4.52. The number of nitrogens with one attached hydrogen (secondary N) is 1. The third kappa shape index (κ3) is 2.98. The van der Waals surface area contributed by atoms with Crippen molar-refractivity contribution in [2.24, 2.45) is 17.6 Å². The largest absolute Gasteiger partial charge is 0.353 e. The van der Waals surface area contributed by atoms with Gasteiger partial charge in [0.15, 0.2) is 0 Å². The predicted molar refractivity (Wildman–Crippen MR) is 57.8 cm³/mol. The van der Waals surface area contributed by atoms with Crippen molar-refractivity contribution in [3.8, 4) is 0 Å². The van der Waals surface area contributed by atoms with E-state index in [1.165, 1.54) is 19.3 Å². The minimum absolute atomic E-state index is 0.109. The second-order valence-corrected chi connectivity index (χ2v) is 4.52. The number of rotatable bonds is 3. The van der Waals surface area contributed by atoms with E-state index in [0.29, 0.717) is 30.8 Å². The molecular formula is C11H22N2O. The van der Waals surface area contributed by atoms with Crippen molar-refractivity contribution in [2.75, 3.05) is 6.54 Å². The van der Waals surface area contributed by atoms with Gasteiger partial charge in [-0.3, -0.25) is 4.79 Å². The van der Waals surface area contributed by atoms with Gasteiger partial charge in [0, 0.05) is 19.0 Å². The van der Waals surface area contributed by atoms with Crippen molar-refractivity contribution >= 4 is 5.91 Å². The summed E-state index contributed by atoms with van der Waals surface area (Å²) in [7, 11) is 0. The zero-order valence-electron chi connectivity index (χ0n) is 9.25. The van der Waals surface area contributed by atoms with E-state index in [0.717, 1.165) is 0 Å². The van der Waals surface area contributed by atoms with E-state index in [4.69, 9.17) is 5.73 Å². The van der Waals surface area contributed by atoms with Crippen molar-refractivity contribution in [1.82, 2.24) is 5.32 Å². The summed E-state index contributed by atoms with van der Waals surface area (Å²) >= 11 is 0. The average Bonchev–Trinajstić information content (AvgIpc) is 2.12. The Bertz CT molecular complexity index is 184. The van der Waals surface area contributed by atoms with E-state index in [9.17, 15) is 4.79 Å². The molecule has 0 aromatic rings. The van der Waals surface area contributed by atoms with Crippen molar-refractivity contribution in [3.05, 3.63) is 0 Å². The Balaban J connectivity index is 2.43. The van der Waals surface area contributed by atoms with Crippen molar-refractivity contribution < 1.29 is 4.79 Å². The van der Waals surface area contributed by atoms with Gasteiger partial charge in [0.1, 0.15) is 0 Å². The lowest BCUT2D eigenvalue weighted by Gasteiger charge is -2.35. The van der Waals surface area contributed by atoms with Crippen LogP contribution in [0.2, 0.25) is 0 Å². The van der Waals surface area contributed by atoms with Crippen LogP contribution in [0.1, 0.15) is 39.5 Å². The lowest BCUT2D eigenvalue weighted by molar-refractivity contribution is -0.122. The van der Waals surface area contributed by atoms with Crippen LogP contribution in [0.4, 0.5) is 0 Å². The Hall–Kier alpha value is -0.570. The van der Waals surface area contributed by atoms with Crippen molar-refractivity contribution in [1.29, 1.82) is 0 Å². The van der Waals surface area contributed by atoms with Gasteiger partial charge in [-0.15, -0.1) is 0 Å². The van der Waals surface area contributed by atoms with Crippen LogP contribution in [0, 0.1) is 11.8 Å². The smallest absolute Gasteiger partial charge is 0.221 e. The Labute approximate surface area is 86.4 Å². The molecular weight excluding hydrogens is 176 g/mol. The standard InChI is InChI=1S/C11H22N2O/c1-8-4-3-5-9(2)11(8)13-10(14)6-7-12/h8-9,11H,3-7,12H2,1-2H3,(H,13,14). The first-order valence-corrected chi connectivity index (χ1v) is 5.64. The molecule has 0 saturated heterocycles. The maximum absolute atomic E-state index is 11.4. The molecule has 0 aromatic carbocycles. The molecule has 0 spiro atoms. The molecule has 0 bridgehead atoms. The van der Waals surface area contributed by atoms with Crippen LogP contribution in [0.3, 0.4) is 0 Å². The molecule has 3 N–H and O–H groups in total. The van der Waals surface area contributed by atoms with Crippen LogP contribution in [0.25, 0.3) is 0 Å². The summed E-state index contributed by atoms with van der Waals surface area (Å²) < 4.78 is 0. The SMILES string of the molecule is CC1CCCC(C)C1NC(=O)CCN. The highest BCUT2D eigenvalue weighted by Gasteiger charge is 2.28. The first-order chi connectivity index (χ1) is 6.65. The van der Waals surface area contributed by atoms with Crippen molar-refractivity contribution in [3.63, 3.8) is 0 Å². The van der Waals surface area contributed by atoms with Crippen LogP contribution in [-0.4, -0.2) is 18.5 Å². The lowest BCUT2D eigenvalue weighted by atomic mass is 9.78.